The highest BCUT2D eigenvalue weighted by molar-refractivity contribution is 7.91. The standard InChI is InChI=1S/C17H27N3O3S/c1-13(2)4-5-14(3)19-16-7-6-15(12-18-16)17(21)20-8-10-24(22,23)11-9-20/h6-7,12-14H,4-5,8-11H2,1-3H3,(H,18,19). The fourth-order valence-corrected chi connectivity index (χ4v) is 3.81. The minimum atomic E-state index is -2.98. The van der Waals surface area contributed by atoms with Gasteiger partial charge in [-0.1, -0.05) is 13.8 Å². The van der Waals surface area contributed by atoms with Gasteiger partial charge in [-0.15, -0.1) is 0 Å². The number of hydrogen-bond donors (Lipinski definition) is 1. The molecule has 0 saturated carbocycles. The average Bonchev–Trinajstić information content (AvgIpc) is 2.53. The van der Waals surface area contributed by atoms with Crippen molar-refractivity contribution < 1.29 is 13.2 Å². The van der Waals surface area contributed by atoms with Crippen molar-refractivity contribution in [2.45, 2.75) is 39.7 Å². The van der Waals surface area contributed by atoms with Crippen molar-refractivity contribution in [3.8, 4) is 0 Å². The van der Waals surface area contributed by atoms with Crippen LogP contribution in [0, 0.1) is 5.92 Å². The Morgan fingerprint density at radius 3 is 2.42 bits per heavy atom. The highest BCUT2D eigenvalue weighted by atomic mass is 32.2. The Morgan fingerprint density at radius 1 is 1.21 bits per heavy atom. The number of nitrogens with one attached hydrogen (secondary N) is 1. The van der Waals surface area contributed by atoms with Crippen LogP contribution in [0.1, 0.15) is 44.0 Å². The smallest absolute Gasteiger partial charge is 0.255 e. The number of anilines is 1. The first-order valence-corrected chi connectivity index (χ1v) is 10.3. The van der Waals surface area contributed by atoms with E-state index in [0.717, 1.165) is 18.7 Å². The van der Waals surface area contributed by atoms with Gasteiger partial charge in [0, 0.05) is 25.3 Å². The maximum Gasteiger partial charge on any atom is 0.255 e. The first-order chi connectivity index (χ1) is 11.3. The summed E-state index contributed by atoms with van der Waals surface area (Å²) in [4.78, 5) is 18.3. The van der Waals surface area contributed by atoms with E-state index in [2.05, 4.69) is 31.1 Å². The van der Waals surface area contributed by atoms with Gasteiger partial charge in [-0.25, -0.2) is 13.4 Å². The van der Waals surface area contributed by atoms with Gasteiger partial charge in [-0.2, -0.15) is 0 Å². The number of carbonyl (C=O) groups is 1. The highest BCUT2D eigenvalue weighted by Crippen LogP contribution is 2.14. The van der Waals surface area contributed by atoms with Crippen molar-refractivity contribution >= 4 is 21.6 Å². The Morgan fingerprint density at radius 2 is 1.88 bits per heavy atom. The summed E-state index contributed by atoms with van der Waals surface area (Å²) in [5.41, 5.74) is 0.495. The van der Waals surface area contributed by atoms with Crippen LogP contribution < -0.4 is 5.32 Å². The molecule has 2 rings (SSSR count). The Balaban J connectivity index is 1.90. The fraction of sp³-hybridized carbons (Fsp3) is 0.647. The van der Waals surface area contributed by atoms with Crippen molar-refractivity contribution in [1.82, 2.24) is 9.88 Å². The van der Waals surface area contributed by atoms with E-state index >= 15 is 0 Å². The van der Waals surface area contributed by atoms with Crippen LogP contribution >= 0.6 is 0 Å². The van der Waals surface area contributed by atoms with Gasteiger partial charge in [0.25, 0.3) is 5.91 Å². The number of aromatic nitrogens is 1. The van der Waals surface area contributed by atoms with Crippen LogP contribution in [0.5, 0.6) is 0 Å². The number of sulfone groups is 1. The summed E-state index contributed by atoms with van der Waals surface area (Å²) in [5.74, 6) is 1.36. The van der Waals surface area contributed by atoms with Gasteiger partial charge in [-0.3, -0.25) is 4.79 Å². The minimum absolute atomic E-state index is 0.0408. The van der Waals surface area contributed by atoms with Gasteiger partial charge in [0.2, 0.25) is 0 Å². The molecule has 1 atom stereocenters. The number of pyridine rings is 1. The second kappa shape index (κ2) is 7.96. The number of amides is 1. The summed E-state index contributed by atoms with van der Waals surface area (Å²) in [6.45, 7) is 7.05. The van der Waals surface area contributed by atoms with E-state index in [9.17, 15) is 13.2 Å². The van der Waals surface area contributed by atoms with Crippen LogP contribution in [0.3, 0.4) is 0 Å². The molecule has 0 aromatic carbocycles. The van der Waals surface area contributed by atoms with Gasteiger partial charge < -0.3 is 10.2 Å². The van der Waals surface area contributed by atoms with E-state index < -0.39 is 9.84 Å². The Kier molecular flexibility index (Phi) is 6.21. The fourth-order valence-electron chi connectivity index (χ4n) is 2.61. The first kappa shape index (κ1) is 18.7. The zero-order chi connectivity index (χ0) is 17.7. The van der Waals surface area contributed by atoms with E-state index in [1.807, 2.05) is 0 Å². The molecule has 1 aromatic heterocycles. The van der Waals surface area contributed by atoms with Crippen molar-refractivity contribution in [2.24, 2.45) is 5.92 Å². The number of rotatable bonds is 6. The van der Waals surface area contributed by atoms with Gasteiger partial charge in [-0.05, 0) is 37.8 Å². The molecule has 0 aliphatic carbocycles. The first-order valence-electron chi connectivity index (χ1n) is 8.49. The molecule has 1 N–H and O–H groups in total. The Bertz CT molecular complexity index is 642. The second-order valence-electron chi connectivity index (χ2n) is 6.89. The van der Waals surface area contributed by atoms with Gasteiger partial charge >= 0.3 is 0 Å². The summed E-state index contributed by atoms with van der Waals surface area (Å²) in [6, 6.07) is 3.88. The molecule has 1 saturated heterocycles. The third-order valence-corrected chi connectivity index (χ3v) is 5.82. The highest BCUT2D eigenvalue weighted by Gasteiger charge is 2.25. The van der Waals surface area contributed by atoms with Crippen LogP contribution in [0.25, 0.3) is 0 Å². The summed E-state index contributed by atoms with van der Waals surface area (Å²) in [6.07, 6.45) is 3.79. The molecule has 6 nitrogen and oxygen atoms in total. The van der Waals surface area contributed by atoms with Gasteiger partial charge in [0.15, 0.2) is 9.84 Å². The van der Waals surface area contributed by atoms with E-state index in [1.165, 1.54) is 0 Å². The summed E-state index contributed by atoms with van der Waals surface area (Å²) in [7, 11) is -2.98. The third kappa shape index (κ3) is 5.47. The molecule has 1 unspecified atom stereocenters. The molecule has 1 aliphatic rings. The molecule has 24 heavy (non-hydrogen) atoms. The lowest BCUT2D eigenvalue weighted by Crippen LogP contribution is -2.43. The topological polar surface area (TPSA) is 79.4 Å². The second-order valence-corrected chi connectivity index (χ2v) is 9.20. The van der Waals surface area contributed by atoms with Crippen molar-refractivity contribution in [3.05, 3.63) is 23.9 Å². The summed E-state index contributed by atoms with van der Waals surface area (Å²) >= 11 is 0. The minimum Gasteiger partial charge on any atom is -0.368 e. The van der Waals surface area contributed by atoms with Crippen molar-refractivity contribution in [1.29, 1.82) is 0 Å². The lowest BCUT2D eigenvalue weighted by atomic mass is 10.0. The van der Waals surface area contributed by atoms with E-state index in [0.29, 0.717) is 17.5 Å². The van der Waals surface area contributed by atoms with Crippen LogP contribution in [0.2, 0.25) is 0 Å². The van der Waals surface area contributed by atoms with Crippen LogP contribution in [0.4, 0.5) is 5.82 Å². The molecule has 134 valence electrons. The lowest BCUT2D eigenvalue weighted by Gasteiger charge is -2.26. The predicted octanol–water partition coefficient (Wildman–Crippen LogP) is 2.19. The Hall–Kier alpha value is -1.63. The molecule has 1 aromatic rings. The summed E-state index contributed by atoms with van der Waals surface area (Å²) in [5, 5.41) is 3.34. The average molecular weight is 353 g/mol. The van der Waals surface area contributed by atoms with Gasteiger partial charge in [0.05, 0.1) is 17.1 Å². The maximum absolute atomic E-state index is 12.4. The van der Waals surface area contributed by atoms with Crippen LogP contribution in [0.15, 0.2) is 18.3 Å². The van der Waals surface area contributed by atoms with Crippen molar-refractivity contribution in [2.75, 3.05) is 29.9 Å². The number of nitrogens with zero attached hydrogens (tertiary/aromatic N) is 2. The molecule has 0 bridgehead atoms. The predicted molar refractivity (Wildman–Crippen MR) is 96.0 cm³/mol. The molecule has 0 spiro atoms. The molecule has 2 heterocycles. The van der Waals surface area contributed by atoms with Crippen molar-refractivity contribution in [3.63, 3.8) is 0 Å². The number of hydrogen-bond acceptors (Lipinski definition) is 5. The van der Waals surface area contributed by atoms with Crippen LogP contribution in [-0.2, 0) is 9.84 Å². The molecular formula is C17H27N3O3S. The molecule has 7 heteroatoms. The zero-order valence-electron chi connectivity index (χ0n) is 14.7. The maximum atomic E-state index is 12.4. The van der Waals surface area contributed by atoms with E-state index in [1.54, 1.807) is 23.2 Å². The molecular weight excluding hydrogens is 326 g/mol. The Labute approximate surface area is 144 Å². The lowest BCUT2D eigenvalue weighted by molar-refractivity contribution is 0.0770. The molecule has 1 fully saturated rings. The molecule has 1 amide bonds. The molecule has 0 radical (unpaired) electrons. The largest absolute Gasteiger partial charge is 0.368 e. The SMILES string of the molecule is CC(C)CCC(C)Nc1ccc(C(=O)N2CCS(=O)(=O)CC2)cn1. The van der Waals surface area contributed by atoms with E-state index in [-0.39, 0.29) is 30.5 Å². The number of carbonyl (C=O) groups excluding carboxylic acids is 1. The normalized spacial score (nSPS) is 18.4. The quantitative estimate of drug-likeness (QED) is 0.848. The summed E-state index contributed by atoms with van der Waals surface area (Å²) < 4.78 is 22.9. The van der Waals surface area contributed by atoms with Crippen LogP contribution in [-0.4, -0.2) is 54.8 Å². The monoisotopic (exact) mass is 353 g/mol. The molecule has 1 aliphatic heterocycles. The van der Waals surface area contributed by atoms with Gasteiger partial charge in [0.1, 0.15) is 5.82 Å². The third-order valence-electron chi connectivity index (χ3n) is 4.21. The van der Waals surface area contributed by atoms with E-state index in [4.69, 9.17) is 0 Å². The zero-order valence-corrected chi connectivity index (χ0v) is 15.5.